The van der Waals surface area contributed by atoms with E-state index in [-0.39, 0.29) is 0 Å². The number of hydrogen-bond donors (Lipinski definition) is 1. The van der Waals surface area contributed by atoms with Crippen LogP contribution < -0.4 is 15.6 Å². The average Bonchev–Trinajstić information content (AvgIpc) is 2.46. The highest BCUT2D eigenvalue weighted by Crippen LogP contribution is 2.36. The standard InChI is InChI=1S/C15H17ClN2OS/c1-18(17)13-7-5-6-12(16)11(13)10-20-15-9-4-3-8-14(15)19-2/h3-9H,10,17H2,1-2H3. The molecule has 0 aromatic heterocycles. The molecule has 0 atom stereocenters. The predicted molar refractivity (Wildman–Crippen MR) is 86.6 cm³/mol. The Labute approximate surface area is 128 Å². The van der Waals surface area contributed by atoms with Gasteiger partial charge in [-0.15, -0.1) is 11.8 Å². The van der Waals surface area contributed by atoms with Gasteiger partial charge >= 0.3 is 0 Å². The second-order valence-corrected chi connectivity index (χ2v) is 5.71. The van der Waals surface area contributed by atoms with E-state index in [2.05, 4.69) is 0 Å². The second-order valence-electron chi connectivity index (χ2n) is 4.29. The molecule has 0 heterocycles. The lowest BCUT2D eigenvalue weighted by atomic mass is 10.2. The SMILES string of the molecule is COc1ccccc1SCc1c(Cl)cccc1N(C)N. The van der Waals surface area contributed by atoms with Gasteiger partial charge in [0.05, 0.1) is 12.8 Å². The molecule has 2 N–H and O–H groups in total. The van der Waals surface area contributed by atoms with Crippen LogP contribution in [-0.4, -0.2) is 14.2 Å². The molecule has 2 aromatic carbocycles. The zero-order valence-corrected chi connectivity index (χ0v) is 13.0. The lowest BCUT2D eigenvalue weighted by Crippen LogP contribution is -2.26. The fourth-order valence-electron chi connectivity index (χ4n) is 1.91. The molecule has 0 aliphatic rings. The highest BCUT2D eigenvalue weighted by Gasteiger charge is 2.11. The van der Waals surface area contributed by atoms with E-state index < -0.39 is 0 Å². The van der Waals surface area contributed by atoms with E-state index in [1.165, 1.54) is 0 Å². The minimum Gasteiger partial charge on any atom is -0.496 e. The summed E-state index contributed by atoms with van der Waals surface area (Å²) in [7, 11) is 3.48. The van der Waals surface area contributed by atoms with E-state index in [1.807, 2.05) is 49.5 Å². The van der Waals surface area contributed by atoms with Gasteiger partial charge in [-0.25, -0.2) is 5.84 Å². The predicted octanol–water partition coefficient (Wildman–Crippen LogP) is 3.95. The molecule has 0 aliphatic heterocycles. The summed E-state index contributed by atoms with van der Waals surface area (Å²) >= 11 is 7.97. The molecule has 20 heavy (non-hydrogen) atoms. The number of halogens is 1. The van der Waals surface area contributed by atoms with Crippen LogP contribution in [0.4, 0.5) is 5.69 Å². The van der Waals surface area contributed by atoms with E-state index in [9.17, 15) is 0 Å². The van der Waals surface area contributed by atoms with Crippen molar-refractivity contribution in [3.8, 4) is 5.75 Å². The average molecular weight is 309 g/mol. The van der Waals surface area contributed by atoms with Gasteiger partial charge in [-0.1, -0.05) is 29.8 Å². The number of thioether (sulfide) groups is 1. The molecule has 0 saturated carbocycles. The Morgan fingerprint density at radius 3 is 2.65 bits per heavy atom. The molecule has 0 unspecified atom stereocenters. The highest BCUT2D eigenvalue weighted by atomic mass is 35.5. The number of nitrogens with two attached hydrogens (primary N) is 1. The number of hydrogen-bond acceptors (Lipinski definition) is 4. The van der Waals surface area contributed by atoms with Gasteiger partial charge in [-0.05, 0) is 24.3 Å². The summed E-state index contributed by atoms with van der Waals surface area (Å²) in [6.45, 7) is 0. The molecule has 2 rings (SSSR count). The van der Waals surface area contributed by atoms with Crippen molar-refractivity contribution in [2.45, 2.75) is 10.6 Å². The first kappa shape index (κ1) is 15.0. The summed E-state index contributed by atoms with van der Waals surface area (Å²) in [5.74, 6) is 7.45. The Kier molecular flexibility index (Phi) is 5.17. The van der Waals surface area contributed by atoms with Gasteiger partial charge in [0.2, 0.25) is 0 Å². The lowest BCUT2D eigenvalue weighted by molar-refractivity contribution is 0.405. The molecular formula is C15H17ClN2OS. The molecule has 0 saturated heterocycles. The van der Waals surface area contributed by atoms with Crippen molar-refractivity contribution in [1.29, 1.82) is 0 Å². The topological polar surface area (TPSA) is 38.5 Å². The number of para-hydroxylation sites is 1. The Morgan fingerprint density at radius 2 is 1.95 bits per heavy atom. The third-order valence-electron chi connectivity index (χ3n) is 2.92. The molecule has 0 aliphatic carbocycles. The van der Waals surface area contributed by atoms with E-state index in [0.29, 0.717) is 0 Å². The molecule has 2 aromatic rings. The molecule has 3 nitrogen and oxygen atoms in total. The second kappa shape index (κ2) is 6.88. The monoisotopic (exact) mass is 308 g/mol. The smallest absolute Gasteiger partial charge is 0.132 e. The van der Waals surface area contributed by atoms with E-state index in [0.717, 1.165) is 32.7 Å². The Hall–Kier alpha value is -1.36. The van der Waals surface area contributed by atoms with Crippen LogP contribution in [0.15, 0.2) is 47.4 Å². The number of nitrogens with zero attached hydrogens (tertiary/aromatic N) is 1. The number of rotatable bonds is 5. The van der Waals surface area contributed by atoms with Crippen molar-refractivity contribution >= 4 is 29.1 Å². The normalized spacial score (nSPS) is 10.4. The maximum absolute atomic E-state index is 6.29. The minimum absolute atomic E-state index is 0.724. The summed E-state index contributed by atoms with van der Waals surface area (Å²) in [6.07, 6.45) is 0. The van der Waals surface area contributed by atoms with E-state index in [1.54, 1.807) is 23.9 Å². The Balaban J connectivity index is 2.23. The zero-order chi connectivity index (χ0) is 14.5. The van der Waals surface area contributed by atoms with Crippen LogP contribution in [0.3, 0.4) is 0 Å². The molecule has 0 radical (unpaired) electrons. The number of methoxy groups -OCH3 is 1. The van der Waals surface area contributed by atoms with Crippen LogP contribution in [-0.2, 0) is 5.75 Å². The van der Waals surface area contributed by atoms with Gasteiger partial charge in [0.25, 0.3) is 0 Å². The van der Waals surface area contributed by atoms with Gasteiger partial charge in [-0.2, -0.15) is 0 Å². The third kappa shape index (κ3) is 3.39. The van der Waals surface area contributed by atoms with Crippen LogP contribution in [0, 0.1) is 0 Å². The van der Waals surface area contributed by atoms with Crippen molar-refractivity contribution in [1.82, 2.24) is 0 Å². The first-order valence-electron chi connectivity index (χ1n) is 6.15. The van der Waals surface area contributed by atoms with Crippen LogP contribution in [0.1, 0.15) is 5.56 Å². The quantitative estimate of drug-likeness (QED) is 0.515. The van der Waals surface area contributed by atoms with Crippen molar-refractivity contribution in [2.75, 3.05) is 19.2 Å². The first-order chi connectivity index (χ1) is 9.63. The molecule has 0 bridgehead atoms. The molecule has 0 spiro atoms. The first-order valence-corrected chi connectivity index (χ1v) is 7.51. The van der Waals surface area contributed by atoms with Crippen LogP contribution in [0.2, 0.25) is 5.02 Å². The molecule has 106 valence electrons. The summed E-state index contributed by atoms with van der Waals surface area (Å²) in [6, 6.07) is 13.7. The van der Waals surface area contributed by atoms with Crippen molar-refractivity contribution in [3.05, 3.63) is 53.1 Å². The van der Waals surface area contributed by atoms with Crippen molar-refractivity contribution < 1.29 is 4.74 Å². The summed E-state index contributed by atoms with van der Waals surface area (Å²) in [5, 5.41) is 2.31. The fourth-order valence-corrected chi connectivity index (χ4v) is 3.30. The summed E-state index contributed by atoms with van der Waals surface area (Å²) in [4.78, 5) is 1.08. The van der Waals surface area contributed by atoms with Gasteiger partial charge in [0.15, 0.2) is 0 Å². The summed E-state index contributed by atoms with van der Waals surface area (Å²) in [5.41, 5.74) is 1.95. The molecule has 0 fully saturated rings. The van der Waals surface area contributed by atoms with Crippen LogP contribution in [0.25, 0.3) is 0 Å². The molecular weight excluding hydrogens is 292 g/mol. The molecule has 5 heteroatoms. The van der Waals surface area contributed by atoms with Crippen LogP contribution >= 0.6 is 23.4 Å². The number of hydrazine groups is 1. The van der Waals surface area contributed by atoms with Gasteiger partial charge in [0.1, 0.15) is 5.75 Å². The summed E-state index contributed by atoms with van der Waals surface area (Å²) < 4.78 is 5.35. The van der Waals surface area contributed by atoms with E-state index >= 15 is 0 Å². The highest BCUT2D eigenvalue weighted by molar-refractivity contribution is 7.98. The largest absolute Gasteiger partial charge is 0.496 e. The third-order valence-corrected chi connectivity index (χ3v) is 4.35. The fraction of sp³-hybridized carbons (Fsp3) is 0.200. The lowest BCUT2D eigenvalue weighted by Gasteiger charge is -2.18. The van der Waals surface area contributed by atoms with Crippen molar-refractivity contribution in [2.24, 2.45) is 5.84 Å². The maximum Gasteiger partial charge on any atom is 0.132 e. The Morgan fingerprint density at radius 1 is 1.20 bits per heavy atom. The maximum atomic E-state index is 6.29. The Bertz CT molecular complexity index is 590. The van der Waals surface area contributed by atoms with Crippen LogP contribution in [0.5, 0.6) is 5.75 Å². The van der Waals surface area contributed by atoms with Gasteiger partial charge in [-0.3, -0.25) is 0 Å². The van der Waals surface area contributed by atoms with E-state index in [4.69, 9.17) is 22.2 Å². The number of benzene rings is 2. The van der Waals surface area contributed by atoms with Gasteiger partial charge < -0.3 is 9.75 Å². The molecule has 0 amide bonds. The number of ether oxygens (including phenoxy) is 1. The van der Waals surface area contributed by atoms with Crippen molar-refractivity contribution in [3.63, 3.8) is 0 Å². The zero-order valence-electron chi connectivity index (χ0n) is 11.5. The number of anilines is 1. The minimum atomic E-state index is 0.724. The van der Waals surface area contributed by atoms with Gasteiger partial charge in [0, 0.05) is 28.3 Å².